The van der Waals surface area contributed by atoms with Gasteiger partial charge in [0.2, 0.25) is 0 Å². The molecule has 3 nitrogen and oxygen atoms in total. The van der Waals surface area contributed by atoms with Gasteiger partial charge in [-0.05, 0) is 18.4 Å². The maximum absolute atomic E-state index is 11.3. The average Bonchev–Trinajstić information content (AvgIpc) is 2.27. The largest absolute Gasteiger partial charge is 0.392 e. The zero-order valence-corrected chi connectivity index (χ0v) is 10.3. The molecule has 1 N–H and O–H groups in total. The van der Waals surface area contributed by atoms with Crippen LogP contribution in [0.2, 0.25) is 0 Å². The molecule has 0 aromatic heterocycles. The van der Waals surface area contributed by atoms with E-state index < -0.39 is 15.9 Å². The Morgan fingerprint density at radius 3 is 2.44 bits per heavy atom. The van der Waals surface area contributed by atoms with Crippen molar-refractivity contribution in [3.05, 3.63) is 35.9 Å². The van der Waals surface area contributed by atoms with Gasteiger partial charge in [0.15, 0.2) is 9.84 Å². The number of rotatable bonds is 6. The minimum atomic E-state index is -3.07. The first-order chi connectivity index (χ1) is 7.53. The lowest BCUT2D eigenvalue weighted by molar-refractivity contribution is 0.187. The van der Waals surface area contributed by atoms with E-state index in [1.807, 2.05) is 30.3 Å². The first kappa shape index (κ1) is 13.2. The van der Waals surface area contributed by atoms with Crippen LogP contribution in [0.4, 0.5) is 0 Å². The van der Waals surface area contributed by atoms with Crippen LogP contribution in [0.15, 0.2) is 30.3 Å². The molecule has 1 aromatic carbocycles. The normalized spacial score (nSPS) is 13.6. The second kappa shape index (κ2) is 6.01. The summed E-state index contributed by atoms with van der Waals surface area (Å²) in [5.41, 5.74) is 1.12. The highest BCUT2D eigenvalue weighted by molar-refractivity contribution is 7.91. The van der Waals surface area contributed by atoms with Gasteiger partial charge < -0.3 is 5.11 Å². The summed E-state index contributed by atoms with van der Waals surface area (Å²) in [7, 11) is -3.07. The van der Waals surface area contributed by atoms with Crippen LogP contribution in [0, 0.1) is 0 Å². The zero-order chi connectivity index (χ0) is 12.0. The van der Waals surface area contributed by atoms with Crippen molar-refractivity contribution in [1.82, 2.24) is 0 Å². The van der Waals surface area contributed by atoms with Crippen LogP contribution in [-0.2, 0) is 16.3 Å². The van der Waals surface area contributed by atoms with Gasteiger partial charge in [-0.3, -0.25) is 0 Å². The van der Waals surface area contributed by atoms with E-state index in [2.05, 4.69) is 0 Å². The Hall–Kier alpha value is -0.870. The lowest BCUT2D eigenvalue weighted by atomic mass is 10.1. The minimum Gasteiger partial charge on any atom is -0.392 e. The van der Waals surface area contributed by atoms with Crippen LogP contribution in [0.5, 0.6) is 0 Å². The van der Waals surface area contributed by atoms with Crippen LogP contribution >= 0.6 is 0 Å². The van der Waals surface area contributed by atoms with Crippen LogP contribution in [-0.4, -0.2) is 31.1 Å². The topological polar surface area (TPSA) is 54.4 Å². The van der Waals surface area contributed by atoms with Gasteiger partial charge in [-0.15, -0.1) is 0 Å². The SMILES string of the molecule is CCS(=O)(=O)CC(O)CCc1ccccc1. The van der Waals surface area contributed by atoms with E-state index in [0.717, 1.165) is 5.56 Å². The van der Waals surface area contributed by atoms with E-state index in [1.165, 1.54) is 0 Å². The van der Waals surface area contributed by atoms with E-state index >= 15 is 0 Å². The summed E-state index contributed by atoms with van der Waals surface area (Å²) in [5, 5.41) is 9.60. The number of aliphatic hydroxyl groups is 1. The summed E-state index contributed by atoms with van der Waals surface area (Å²) >= 11 is 0. The molecule has 0 heterocycles. The molecule has 0 spiro atoms. The second-order valence-electron chi connectivity index (χ2n) is 3.88. The van der Waals surface area contributed by atoms with E-state index in [4.69, 9.17) is 0 Å². The van der Waals surface area contributed by atoms with Crippen molar-refractivity contribution in [3.63, 3.8) is 0 Å². The van der Waals surface area contributed by atoms with E-state index in [9.17, 15) is 13.5 Å². The van der Waals surface area contributed by atoms with Gasteiger partial charge >= 0.3 is 0 Å². The van der Waals surface area contributed by atoms with Gasteiger partial charge in [0.25, 0.3) is 0 Å². The number of benzene rings is 1. The number of aliphatic hydroxyl groups excluding tert-OH is 1. The molecule has 4 heteroatoms. The van der Waals surface area contributed by atoms with E-state index in [-0.39, 0.29) is 11.5 Å². The standard InChI is InChI=1S/C12H18O3S/c1-2-16(14,15)10-12(13)9-8-11-6-4-3-5-7-11/h3-7,12-13H,2,8-10H2,1H3. The Morgan fingerprint density at radius 2 is 1.88 bits per heavy atom. The molecule has 16 heavy (non-hydrogen) atoms. The van der Waals surface area contributed by atoms with Crippen molar-refractivity contribution in [2.24, 2.45) is 0 Å². The number of hydrogen-bond donors (Lipinski definition) is 1. The Labute approximate surface area is 97.0 Å². The van der Waals surface area contributed by atoms with E-state index in [1.54, 1.807) is 6.92 Å². The predicted octanol–water partition coefficient (Wildman–Crippen LogP) is 1.41. The Morgan fingerprint density at radius 1 is 1.25 bits per heavy atom. The molecule has 0 bridgehead atoms. The van der Waals surface area contributed by atoms with Crippen molar-refractivity contribution in [2.45, 2.75) is 25.9 Å². The fourth-order valence-electron chi connectivity index (χ4n) is 1.47. The van der Waals surface area contributed by atoms with Crippen LogP contribution in [0.3, 0.4) is 0 Å². The van der Waals surface area contributed by atoms with Crippen molar-refractivity contribution in [3.8, 4) is 0 Å². The molecule has 0 aliphatic rings. The first-order valence-electron chi connectivity index (χ1n) is 5.46. The molecule has 1 aromatic rings. The highest BCUT2D eigenvalue weighted by Gasteiger charge is 2.14. The molecule has 1 rings (SSSR count). The van der Waals surface area contributed by atoms with Crippen molar-refractivity contribution >= 4 is 9.84 Å². The van der Waals surface area contributed by atoms with Gasteiger partial charge in [-0.1, -0.05) is 37.3 Å². The summed E-state index contributed by atoms with van der Waals surface area (Å²) < 4.78 is 22.5. The molecule has 0 aliphatic carbocycles. The Balaban J connectivity index is 2.39. The zero-order valence-electron chi connectivity index (χ0n) is 9.46. The summed E-state index contributed by atoms with van der Waals surface area (Å²) in [6.07, 6.45) is 0.440. The molecule has 0 amide bonds. The summed E-state index contributed by atoms with van der Waals surface area (Å²) in [4.78, 5) is 0. The van der Waals surface area contributed by atoms with Crippen LogP contribution in [0.1, 0.15) is 18.9 Å². The van der Waals surface area contributed by atoms with Crippen molar-refractivity contribution < 1.29 is 13.5 Å². The predicted molar refractivity (Wildman–Crippen MR) is 65.1 cm³/mol. The maximum Gasteiger partial charge on any atom is 0.152 e. The molecule has 0 fully saturated rings. The first-order valence-corrected chi connectivity index (χ1v) is 7.28. The molecule has 0 radical (unpaired) electrons. The highest BCUT2D eigenvalue weighted by atomic mass is 32.2. The third kappa shape index (κ3) is 4.77. The summed E-state index contributed by atoms with van der Waals surface area (Å²) in [6, 6.07) is 9.75. The van der Waals surface area contributed by atoms with Crippen LogP contribution < -0.4 is 0 Å². The third-order valence-electron chi connectivity index (χ3n) is 2.50. The molecule has 0 saturated carbocycles. The van der Waals surface area contributed by atoms with Gasteiger partial charge in [0, 0.05) is 5.75 Å². The molecule has 0 aliphatic heterocycles. The quantitative estimate of drug-likeness (QED) is 0.820. The van der Waals surface area contributed by atoms with Crippen molar-refractivity contribution in [2.75, 3.05) is 11.5 Å². The summed E-state index contributed by atoms with van der Waals surface area (Å²) in [5.74, 6) is -0.0360. The molecule has 0 saturated heterocycles. The lowest BCUT2D eigenvalue weighted by Crippen LogP contribution is -2.22. The third-order valence-corrected chi connectivity index (χ3v) is 4.27. The maximum atomic E-state index is 11.3. The average molecular weight is 242 g/mol. The molecule has 90 valence electrons. The smallest absolute Gasteiger partial charge is 0.152 e. The van der Waals surface area contributed by atoms with Crippen molar-refractivity contribution in [1.29, 1.82) is 0 Å². The molecule has 1 atom stereocenters. The van der Waals surface area contributed by atoms with Gasteiger partial charge in [0.1, 0.15) is 0 Å². The van der Waals surface area contributed by atoms with Gasteiger partial charge in [-0.2, -0.15) is 0 Å². The second-order valence-corrected chi connectivity index (χ2v) is 6.27. The number of aryl methyl sites for hydroxylation is 1. The molecular weight excluding hydrogens is 224 g/mol. The van der Waals surface area contributed by atoms with E-state index in [0.29, 0.717) is 12.8 Å². The minimum absolute atomic E-state index is 0.0927. The fraction of sp³-hybridized carbons (Fsp3) is 0.500. The monoisotopic (exact) mass is 242 g/mol. The Kier molecular flexibility index (Phi) is 4.96. The highest BCUT2D eigenvalue weighted by Crippen LogP contribution is 2.06. The fourth-order valence-corrected chi connectivity index (χ4v) is 2.46. The number of sulfone groups is 1. The Bertz CT molecular complexity index is 398. The van der Waals surface area contributed by atoms with Gasteiger partial charge in [0.05, 0.1) is 11.9 Å². The van der Waals surface area contributed by atoms with Crippen LogP contribution in [0.25, 0.3) is 0 Å². The summed E-state index contributed by atoms with van der Waals surface area (Å²) in [6.45, 7) is 1.60. The van der Waals surface area contributed by atoms with Gasteiger partial charge in [-0.25, -0.2) is 8.42 Å². The number of hydrogen-bond acceptors (Lipinski definition) is 3. The molecule has 1 unspecified atom stereocenters. The lowest BCUT2D eigenvalue weighted by Gasteiger charge is -2.10. The molecular formula is C12H18O3S.